The molecule has 1 aromatic heterocycles. The number of carbonyl (C=O) groups is 2. The third kappa shape index (κ3) is 10.7. The van der Waals surface area contributed by atoms with Crippen molar-refractivity contribution >= 4 is 17.4 Å². The van der Waals surface area contributed by atoms with Crippen molar-refractivity contribution in [3.8, 4) is 17.0 Å². The second-order valence-corrected chi connectivity index (χ2v) is 8.70. The Labute approximate surface area is 188 Å². The molecule has 0 radical (unpaired) electrons. The number of ketones is 1. The third-order valence-electron chi connectivity index (χ3n) is 3.71. The van der Waals surface area contributed by atoms with Crippen molar-refractivity contribution in [1.82, 2.24) is 10.2 Å². The second-order valence-electron chi connectivity index (χ2n) is 8.70. The van der Waals surface area contributed by atoms with Crippen LogP contribution in [0, 0.1) is 0 Å². The molecule has 0 aliphatic rings. The zero-order valence-electron chi connectivity index (χ0n) is 19.9. The Kier molecular flexibility index (Phi) is 10.1. The van der Waals surface area contributed by atoms with Crippen molar-refractivity contribution in [1.29, 1.82) is 0 Å². The fourth-order valence-electron chi connectivity index (χ4n) is 2.49. The van der Waals surface area contributed by atoms with Gasteiger partial charge >= 0.3 is 5.97 Å². The van der Waals surface area contributed by atoms with Crippen molar-refractivity contribution in [2.24, 2.45) is 5.73 Å². The lowest BCUT2D eigenvalue weighted by atomic mass is 10.1. The lowest BCUT2D eigenvalue weighted by molar-refractivity contribution is -0.149. The molecule has 32 heavy (non-hydrogen) atoms. The van der Waals surface area contributed by atoms with Crippen LogP contribution in [0.5, 0.6) is 5.75 Å². The van der Waals surface area contributed by atoms with Gasteiger partial charge in [0.15, 0.2) is 0 Å². The van der Waals surface area contributed by atoms with Crippen LogP contribution in [0.2, 0.25) is 0 Å². The number of benzene rings is 1. The number of H-pyrrole nitrogens is 1. The first-order chi connectivity index (χ1) is 14.8. The van der Waals surface area contributed by atoms with Crippen molar-refractivity contribution in [3.63, 3.8) is 0 Å². The number of carbonyl (C=O) groups excluding carboxylic acids is 2. The lowest BCUT2D eigenvalue weighted by Gasteiger charge is -2.20. The highest BCUT2D eigenvalue weighted by Gasteiger charge is 2.18. The van der Waals surface area contributed by atoms with Gasteiger partial charge in [0.2, 0.25) is 0 Å². The molecule has 1 heterocycles. The maximum atomic E-state index is 11.4. The fourth-order valence-corrected chi connectivity index (χ4v) is 2.49. The Morgan fingerprint density at radius 3 is 2.25 bits per heavy atom. The number of anilines is 1. The molecule has 0 amide bonds. The summed E-state index contributed by atoms with van der Waals surface area (Å²) in [6, 6.07) is 8.50. The number of esters is 1. The van der Waals surface area contributed by atoms with E-state index in [1.54, 1.807) is 12.1 Å². The van der Waals surface area contributed by atoms with Crippen LogP contribution in [0.25, 0.3) is 11.3 Å². The minimum absolute atomic E-state index is 0. The van der Waals surface area contributed by atoms with Gasteiger partial charge in [-0.2, -0.15) is 5.10 Å². The van der Waals surface area contributed by atoms with E-state index < -0.39 is 12.1 Å². The molecule has 2 rings (SSSR count). The molecule has 0 aliphatic carbocycles. The first-order valence-electron chi connectivity index (χ1n) is 10.2. The summed E-state index contributed by atoms with van der Waals surface area (Å²) in [7, 11) is 3.81. The Morgan fingerprint density at radius 2 is 1.78 bits per heavy atom. The normalized spacial score (nSPS) is 11.6. The molecule has 1 atom stereocenters. The standard InChI is InChI=1S/C19H23N3O5.C4H11N/c1-12(23)9-15(27-13(2)24)11-26-18-7-5-14(22(3)4)10-16(18)17-6-8-19(25)21-20-17;1-4(2,3)5/h5-8,10,15H,9,11H2,1-4H3,(H,21,25);5H2,1-3H3. The van der Waals surface area contributed by atoms with Crippen LogP contribution in [0.1, 0.15) is 41.0 Å². The van der Waals surface area contributed by atoms with Gasteiger partial charge in [-0.05, 0) is 52.0 Å². The topological polar surface area (TPSA) is 128 Å². The molecule has 0 aliphatic heterocycles. The number of aromatic nitrogens is 2. The molecular formula is C23H34N4O5. The van der Waals surface area contributed by atoms with E-state index in [-0.39, 0.29) is 29.9 Å². The predicted molar refractivity (Wildman–Crippen MR) is 125 cm³/mol. The molecule has 0 spiro atoms. The summed E-state index contributed by atoms with van der Waals surface area (Å²) < 4.78 is 11.0. The zero-order chi connectivity index (χ0) is 24.5. The van der Waals surface area contributed by atoms with Crippen LogP contribution in [0.15, 0.2) is 35.1 Å². The van der Waals surface area contributed by atoms with Gasteiger partial charge in [-0.15, -0.1) is 0 Å². The SMILES string of the molecule is CC(=O)CC(COc1ccc(N(C)C)cc1-c1ccc(=O)[nH]n1)OC(C)=O.CC(C)(C)N. The largest absolute Gasteiger partial charge is 0.489 e. The monoisotopic (exact) mass is 446 g/mol. The van der Waals surface area contributed by atoms with Crippen LogP contribution in [0.3, 0.4) is 0 Å². The van der Waals surface area contributed by atoms with E-state index >= 15 is 0 Å². The van der Waals surface area contributed by atoms with E-state index in [2.05, 4.69) is 10.2 Å². The highest BCUT2D eigenvalue weighted by atomic mass is 16.6. The summed E-state index contributed by atoms with van der Waals surface area (Å²) in [5.41, 5.74) is 7.17. The van der Waals surface area contributed by atoms with Gasteiger partial charge in [0, 0.05) is 50.3 Å². The van der Waals surface area contributed by atoms with E-state index in [0.29, 0.717) is 17.0 Å². The molecule has 1 unspecified atom stereocenters. The molecule has 9 nitrogen and oxygen atoms in total. The van der Waals surface area contributed by atoms with Crippen LogP contribution >= 0.6 is 0 Å². The van der Waals surface area contributed by atoms with Gasteiger partial charge in [0.05, 0.1) is 5.69 Å². The number of nitrogens with one attached hydrogen (secondary N) is 1. The molecule has 9 heteroatoms. The molecule has 2 aromatic rings. The highest BCUT2D eigenvalue weighted by molar-refractivity contribution is 5.76. The molecule has 1 aromatic carbocycles. The van der Waals surface area contributed by atoms with E-state index in [1.807, 2.05) is 51.9 Å². The number of rotatable bonds is 8. The first-order valence-corrected chi connectivity index (χ1v) is 10.2. The van der Waals surface area contributed by atoms with Gasteiger partial charge in [0.1, 0.15) is 24.2 Å². The van der Waals surface area contributed by atoms with E-state index in [0.717, 1.165) is 5.69 Å². The number of ether oxygens (including phenoxy) is 2. The fraction of sp³-hybridized carbons (Fsp3) is 0.478. The molecule has 176 valence electrons. The first kappa shape index (κ1) is 26.8. The van der Waals surface area contributed by atoms with Crippen molar-refractivity contribution in [2.45, 2.75) is 52.7 Å². The van der Waals surface area contributed by atoms with Crippen LogP contribution in [0.4, 0.5) is 5.69 Å². The van der Waals surface area contributed by atoms with Crippen LogP contribution < -0.4 is 20.9 Å². The van der Waals surface area contributed by atoms with Crippen molar-refractivity contribution < 1.29 is 19.1 Å². The summed E-state index contributed by atoms with van der Waals surface area (Å²) in [6.45, 7) is 8.64. The third-order valence-corrected chi connectivity index (χ3v) is 3.71. The molecule has 3 N–H and O–H groups in total. The van der Waals surface area contributed by atoms with Gasteiger partial charge in [-0.1, -0.05) is 0 Å². The predicted octanol–water partition coefficient (Wildman–Crippen LogP) is 2.54. The van der Waals surface area contributed by atoms with Crippen molar-refractivity contribution in [2.75, 3.05) is 25.6 Å². The highest BCUT2D eigenvalue weighted by Crippen LogP contribution is 2.32. The number of nitrogens with two attached hydrogens (primary N) is 1. The summed E-state index contributed by atoms with van der Waals surface area (Å²) >= 11 is 0. The van der Waals surface area contributed by atoms with Gasteiger partial charge in [-0.3, -0.25) is 14.4 Å². The zero-order valence-corrected chi connectivity index (χ0v) is 19.9. The maximum Gasteiger partial charge on any atom is 0.303 e. The summed E-state index contributed by atoms with van der Waals surface area (Å²) in [4.78, 5) is 35.9. The Bertz CT molecular complexity index is 921. The number of hydrogen-bond donors (Lipinski definition) is 2. The summed E-state index contributed by atoms with van der Waals surface area (Å²) in [5.74, 6) is -0.0773. The van der Waals surface area contributed by atoms with Crippen molar-refractivity contribution in [3.05, 3.63) is 40.7 Å². The van der Waals surface area contributed by atoms with Gasteiger partial charge in [0.25, 0.3) is 5.56 Å². The minimum atomic E-state index is -0.676. The average molecular weight is 447 g/mol. The quantitative estimate of drug-likeness (QED) is 0.592. The number of nitrogens with zero attached hydrogens (tertiary/aromatic N) is 2. The van der Waals surface area contributed by atoms with Crippen LogP contribution in [-0.2, 0) is 14.3 Å². The Balaban J connectivity index is 0.000000920. The average Bonchev–Trinajstić information content (AvgIpc) is 2.64. The van der Waals surface area contributed by atoms with E-state index in [9.17, 15) is 14.4 Å². The number of Topliss-reactive ketones (excluding diaryl/α,β-unsaturated/α-hetero) is 1. The Morgan fingerprint density at radius 1 is 1.16 bits per heavy atom. The van der Waals surface area contributed by atoms with Crippen LogP contribution in [-0.4, -0.2) is 54.3 Å². The van der Waals surface area contributed by atoms with Gasteiger partial charge in [-0.25, -0.2) is 5.10 Å². The second kappa shape index (κ2) is 12.0. The molecule has 0 saturated carbocycles. The smallest absolute Gasteiger partial charge is 0.303 e. The molecule has 0 fully saturated rings. The summed E-state index contributed by atoms with van der Waals surface area (Å²) in [5, 5.41) is 6.46. The van der Waals surface area contributed by atoms with Gasteiger partial charge < -0.3 is 20.1 Å². The molecular weight excluding hydrogens is 412 g/mol. The minimum Gasteiger partial charge on any atom is -0.489 e. The number of hydrogen-bond acceptors (Lipinski definition) is 8. The summed E-state index contributed by atoms with van der Waals surface area (Å²) in [6.07, 6.45) is -0.605. The lowest BCUT2D eigenvalue weighted by Crippen LogP contribution is -2.26. The van der Waals surface area contributed by atoms with E-state index in [4.69, 9.17) is 15.2 Å². The van der Waals surface area contributed by atoms with E-state index in [1.165, 1.54) is 19.9 Å². The Hall–Kier alpha value is -3.20. The maximum absolute atomic E-state index is 11.4. The molecule has 0 bridgehead atoms. The number of aromatic amines is 1. The molecule has 0 saturated heterocycles.